The van der Waals surface area contributed by atoms with E-state index in [1.807, 2.05) is 173 Å². The third kappa shape index (κ3) is 21.0. The zero-order valence-electron chi connectivity index (χ0n) is 69.2. The Hall–Kier alpha value is -9.33. The summed E-state index contributed by atoms with van der Waals surface area (Å²) >= 11 is 28.1. The van der Waals surface area contributed by atoms with Gasteiger partial charge < -0.3 is 47.9 Å². The van der Waals surface area contributed by atoms with Crippen LogP contribution < -0.4 is 47.9 Å². The van der Waals surface area contributed by atoms with Crippen molar-refractivity contribution < 1.29 is 54.4 Å². The third-order valence-corrected chi connectivity index (χ3v) is 20.4. The number of benzene rings is 8. The van der Waals surface area contributed by atoms with Gasteiger partial charge in [-0.15, -0.1) is 0 Å². The van der Waals surface area contributed by atoms with Crippen molar-refractivity contribution in [1.29, 1.82) is 0 Å². The summed E-state index contributed by atoms with van der Waals surface area (Å²) in [4.78, 5) is 19.7. The summed E-state index contributed by atoms with van der Waals surface area (Å²) in [6.45, 7) is 51.1. The van der Waals surface area contributed by atoms with Crippen LogP contribution in [0.1, 0.15) is 203 Å². The number of aromatic nitrogens is 2. The number of allylic oxidation sites excluding steroid dienone is 1. The smallest absolute Gasteiger partial charge is 0.623 e. The summed E-state index contributed by atoms with van der Waals surface area (Å²) in [5.41, 5.74) is 14.2. The monoisotopic (exact) mass is 1640 g/mol. The van der Waals surface area contributed by atoms with Gasteiger partial charge in [0.25, 0.3) is 0 Å². The molecule has 17 heteroatoms. The standard InChI is InChI=1S/2C48H51Cl2N2O4.Ni/c2*1-28-25-29(2)41(30(3)26-28)56-42(38-27-37(49)44(51-38)54-35-21-15-32(16-22-35)47(7,8)9)40-43(53-34-19-13-31(14-20-34)46(4,5)6)39(50)45(52-40)55-36-23-17-33(18-24-36)48(10,11)12;/h2*13-27H,1-12H3;/q2*-1;+2/b42-40+;42-38+;. The fourth-order valence-corrected chi connectivity index (χ4v) is 13.5. The average Bonchev–Trinajstić information content (AvgIpc) is 1.63. The first-order valence-corrected chi connectivity index (χ1v) is 39.2. The summed E-state index contributed by atoms with van der Waals surface area (Å²) in [6.07, 6.45) is 1.70. The average molecular weight is 1640 g/mol. The summed E-state index contributed by atoms with van der Waals surface area (Å²) in [6, 6.07) is 57.5. The molecule has 0 N–H and O–H groups in total. The molecule has 2 aliphatic rings. The molecule has 0 fully saturated rings. The van der Waals surface area contributed by atoms with E-state index in [-0.39, 0.29) is 117 Å². The minimum Gasteiger partial charge on any atom is -0.623 e. The summed E-state index contributed by atoms with van der Waals surface area (Å²) < 4.78 is 52.2. The van der Waals surface area contributed by atoms with Crippen LogP contribution in [-0.2, 0) is 49.0 Å². The van der Waals surface area contributed by atoms with E-state index in [2.05, 4.69) is 163 Å². The molecule has 0 saturated carbocycles. The topological polar surface area (TPSA) is 127 Å². The van der Waals surface area contributed by atoms with E-state index in [0.717, 1.165) is 44.5 Å². The number of hydrogen-bond acceptors (Lipinski definition) is 10. The van der Waals surface area contributed by atoms with Crippen LogP contribution in [-0.4, -0.2) is 11.8 Å². The molecule has 8 aromatic carbocycles. The molecule has 0 atom stereocenters. The van der Waals surface area contributed by atoms with Gasteiger partial charge in [-0.1, -0.05) is 291 Å². The van der Waals surface area contributed by atoms with Crippen LogP contribution in [0.15, 0.2) is 219 Å². The second-order valence-corrected chi connectivity index (χ2v) is 36.6. The molecule has 10 aromatic rings. The maximum atomic E-state index is 7.19. The number of aryl methyl sites for hydroxylation is 6. The largest absolute Gasteiger partial charge is 2.00 e. The van der Waals surface area contributed by atoms with Crippen LogP contribution in [0.2, 0.25) is 10.0 Å². The Balaban J connectivity index is 0.000000237. The molecule has 12 nitrogen and oxygen atoms in total. The fraction of sp³-hybridized carbons (Fsp3) is 0.312. The van der Waals surface area contributed by atoms with Crippen LogP contribution >= 0.6 is 46.4 Å². The van der Waals surface area contributed by atoms with Gasteiger partial charge in [0.15, 0.2) is 11.5 Å². The Morgan fingerprint density at radius 3 is 1.02 bits per heavy atom. The van der Waals surface area contributed by atoms with Crippen LogP contribution in [0, 0.1) is 41.5 Å². The van der Waals surface area contributed by atoms with Crippen molar-refractivity contribution in [3.8, 4) is 63.5 Å². The summed E-state index contributed by atoms with van der Waals surface area (Å²) in [5, 5.41) is 0.941. The van der Waals surface area contributed by atoms with E-state index in [9.17, 15) is 0 Å². The van der Waals surface area contributed by atoms with Crippen LogP contribution in [0.4, 0.5) is 0 Å². The van der Waals surface area contributed by atoms with Crippen molar-refractivity contribution in [1.82, 2.24) is 9.97 Å². The Bertz CT molecular complexity index is 5290. The molecule has 0 saturated heterocycles. The van der Waals surface area contributed by atoms with Gasteiger partial charge in [-0.05, 0) is 214 Å². The molecule has 12 rings (SSSR count). The molecule has 0 bridgehead atoms. The summed E-state index contributed by atoms with van der Waals surface area (Å²) in [5.74, 6) is 6.51. The molecule has 0 spiro atoms. The molecule has 0 aliphatic carbocycles. The third-order valence-electron chi connectivity index (χ3n) is 19.1. The first-order chi connectivity index (χ1) is 52.3. The number of hydrogen-bond donors (Lipinski definition) is 0. The van der Waals surface area contributed by atoms with Gasteiger partial charge in [-0.3, -0.25) is 0 Å². The van der Waals surface area contributed by atoms with Crippen LogP contribution in [0.25, 0.3) is 11.5 Å². The Morgan fingerprint density at radius 2 is 0.655 bits per heavy atom. The number of halogens is 4. The van der Waals surface area contributed by atoms with Crippen molar-refractivity contribution in [3.05, 3.63) is 297 Å². The molecule has 113 heavy (non-hydrogen) atoms. The number of aliphatic imine (C=N–C) groups is 2. The van der Waals surface area contributed by atoms with Crippen molar-refractivity contribution in [2.75, 3.05) is 0 Å². The quantitative estimate of drug-likeness (QED) is 0.0681. The van der Waals surface area contributed by atoms with Crippen LogP contribution in [0.5, 0.6) is 63.5 Å². The molecule has 0 radical (unpaired) electrons. The minimum absolute atomic E-state index is 0. The number of rotatable bonds is 16. The van der Waals surface area contributed by atoms with Gasteiger partial charge in [0, 0.05) is 11.8 Å². The fourth-order valence-electron chi connectivity index (χ4n) is 12.7. The van der Waals surface area contributed by atoms with Crippen molar-refractivity contribution >= 4 is 69.7 Å². The van der Waals surface area contributed by atoms with Gasteiger partial charge in [0.05, 0.1) is 5.02 Å². The minimum atomic E-state index is -0.0393. The van der Waals surface area contributed by atoms with E-state index in [4.69, 9.17) is 104 Å². The molecule has 2 aromatic heterocycles. The van der Waals surface area contributed by atoms with E-state index < -0.39 is 0 Å². The molecule has 0 unspecified atom stereocenters. The first kappa shape index (κ1) is 86.1. The maximum Gasteiger partial charge on any atom is 2.00 e. The van der Waals surface area contributed by atoms with E-state index in [0.29, 0.717) is 67.4 Å². The zero-order chi connectivity index (χ0) is 81.5. The van der Waals surface area contributed by atoms with Crippen LogP contribution in [0.3, 0.4) is 0 Å². The van der Waals surface area contributed by atoms with Crippen molar-refractivity contribution in [2.24, 2.45) is 9.98 Å². The maximum absolute atomic E-state index is 7.19. The Morgan fingerprint density at radius 1 is 0.336 bits per heavy atom. The van der Waals surface area contributed by atoms with Gasteiger partial charge in [0.1, 0.15) is 84.0 Å². The summed E-state index contributed by atoms with van der Waals surface area (Å²) in [7, 11) is 0. The first-order valence-electron chi connectivity index (χ1n) is 37.7. The predicted molar refractivity (Wildman–Crippen MR) is 461 cm³/mol. The zero-order valence-corrected chi connectivity index (χ0v) is 73.2. The molecule has 2 aliphatic heterocycles. The number of nitrogens with zero attached hydrogens (tertiary/aromatic N) is 4. The van der Waals surface area contributed by atoms with E-state index in [1.165, 1.54) is 22.3 Å². The normalized spacial score (nSPS) is 14.3. The second kappa shape index (κ2) is 34.0. The van der Waals surface area contributed by atoms with Gasteiger partial charge in [-0.25, -0.2) is 9.98 Å². The Kier molecular flexibility index (Phi) is 25.9. The molecule has 4 heterocycles. The van der Waals surface area contributed by atoms with Gasteiger partial charge in [-0.2, -0.15) is 0 Å². The molecule has 592 valence electrons. The molecular formula is C96H102Cl4N4NiO8. The predicted octanol–water partition coefficient (Wildman–Crippen LogP) is 27.7. The SMILES string of the molecule is Cc1cc(C)c(O/C(=C2/N=C(Oc3ccc(C(C)(C)C)cc3)C(Cl)=C2Oc2ccc(C(C)(C)C)cc2)c2cc(Cl)c(Oc3ccc(C(C)(C)C)cc3)[n-]2)c(C)c1.Cc1cc(C)c(O/C(=C2\C=C(Cl)C(Oc3ccc(C(C)(C)C)cc3)=N2)c2[n-]c(Oc3ccc(C(C)(C)C)cc3)c(Cl)c2Oc2ccc(C(C)(C)C)cc2)c(C)c1.[Ni+2]. The Labute approximate surface area is 698 Å². The number of ether oxygens (including phenoxy) is 8. The van der Waals surface area contributed by atoms with E-state index >= 15 is 0 Å². The second-order valence-electron chi connectivity index (χ2n) is 35.0. The molecule has 0 amide bonds. The van der Waals surface area contributed by atoms with Gasteiger partial charge in [0.2, 0.25) is 11.8 Å². The molecular weight excluding hydrogens is 1540 g/mol. The van der Waals surface area contributed by atoms with Crippen molar-refractivity contribution in [2.45, 2.75) is 199 Å². The van der Waals surface area contributed by atoms with E-state index in [1.54, 1.807) is 12.1 Å². The van der Waals surface area contributed by atoms with Crippen molar-refractivity contribution in [3.63, 3.8) is 0 Å². The van der Waals surface area contributed by atoms with Gasteiger partial charge >= 0.3 is 16.5 Å².